The van der Waals surface area contributed by atoms with Gasteiger partial charge in [0.2, 0.25) is 10.9 Å². The lowest BCUT2D eigenvalue weighted by Crippen LogP contribution is -2.29. The fraction of sp³-hybridized carbons (Fsp3) is 0.250. The highest BCUT2D eigenvalue weighted by molar-refractivity contribution is 8.00. The Morgan fingerprint density at radius 2 is 1.89 bits per heavy atom. The molecule has 2 aromatic carbocycles. The van der Waals surface area contributed by atoms with E-state index in [4.69, 9.17) is 4.74 Å². The quantitative estimate of drug-likeness (QED) is 0.465. The van der Waals surface area contributed by atoms with Gasteiger partial charge in [-0.1, -0.05) is 49.1 Å². The molecule has 1 N–H and O–H groups in total. The summed E-state index contributed by atoms with van der Waals surface area (Å²) in [6, 6.07) is 15.4. The van der Waals surface area contributed by atoms with Crippen molar-refractivity contribution >= 4 is 49.9 Å². The maximum atomic E-state index is 13.0. The molecular formula is C20H20N4O2S2. The first-order chi connectivity index (χ1) is 13.6. The SMILES string of the molecule is COc1ccc(NC(=O)C(Sc2nnc3sc4ccccc4n23)C(C)C)cc1. The first kappa shape index (κ1) is 18.8. The lowest BCUT2D eigenvalue weighted by atomic mass is 10.1. The Kier molecular flexibility index (Phi) is 5.23. The number of amides is 1. The van der Waals surface area contributed by atoms with Gasteiger partial charge < -0.3 is 10.1 Å². The predicted octanol–water partition coefficient (Wildman–Crippen LogP) is 4.71. The summed E-state index contributed by atoms with van der Waals surface area (Å²) in [5.41, 5.74) is 1.80. The minimum absolute atomic E-state index is 0.0542. The number of ether oxygens (including phenoxy) is 1. The number of nitrogens with one attached hydrogen (secondary N) is 1. The molecule has 1 amide bonds. The number of aromatic nitrogens is 3. The second kappa shape index (κ2) is 7.81. The Morgan fingerprint density at radius 3 is 2.61 bits per heavy atom. The Bertz CT molecular complexity index is 1120. The Hall–Kier alpha value is -2.58. The number of methoxy groups -OCH3 is 1. The zero-order valence-corrected chi connectivity index (χ0v) is 17.4. The fourth-order valence-electron chi connectivity index (χ4n) is 2.93. The van der Waals surface area contributed by atoms with E-state index in [0.717, 1.165) is 31.8 Å². The number of thioether (sulfide) groups is 1. The van der Waals surface area contributed by atoms with Gasteiger partial charge >= 0.3 is 0 Å². The molecule has 0 aliphatic carbocycles. The van der Waals surface area contributed by atoms with E-state index in [2.05, 4.69) is 21.6 Å². The van der Waals surface area contributed by atoms with Crippen LogP contribution in [0.3, 0.4) is 0 Å². The summed E-state index contributed by atoms with van der Waals surface area (Å²) in [6.45, 7) is 4.07. The Balaban J connectivity index is 1.59. The van der Waals surface area contributed by atoms with Crippen LogP contribution in [-0.2, 0) is 4.79 Å². The number of carbonyl (C=O) groups excluding carboxylic acids is 1. The van der Waals surface area contributed by atoms with Crippen molar-refractivity contribution in [2.24, 2.45) is 5.92 Å². The van der Waals surface area contributed by atoms with Crippen LogP contribution >= 0.6 is 23.1 Å². The van der Waals surface area contributed by atoms with Crippen LogP contribution < -0.4 is 10.1 Å². The molecule has 6 nitrogen and oxygen atoms in total. The topological polar surface area (TPSA) is 68.5 Å². The second-order valence-corrected chi connectivity index (χ2v) is 8.79. The summed E-state index contributed by atoms with van der Waals surface area (Å²) >= 11 is 3.04. The minimum Gasteiger partial charge on any atom is -0.497 e. The fourth-order valence-corrected chi connectivity index (χ4v) is 4.99. The van der Waals surface area contributed by atoms with Crippen LogP contribution in [0.4, 0.5) is 5.69 Å². The summed E-state index contributed by atoms with van der Waals surface area (Å²) in [6.07, 6.45) is 0. The molecule has 28 heavy (non-hydrogen) atoms. The summed E-state index contributed by atoms with van der Waals surface area (Å²) in [5.74, 6) is 0.824. The zero-order valence-electron chi connectivity index (χ0n) is 15.7. The molecule has 0 bridgehead atoms. The maximum Gasteiger partial charge on any atom is 0.238 e. The van der Waals surface area contributed by atoms with E-state index in [9.17, 15) is 4.79 Å². The van der Waals surface area contributed by atoms with E-state index in [1.807, 2.05) is 60.7 Å². The Morgan fingerprint density at radius 1 is 1.14 bits per heavy atom. The van der Waals surface area contributed by atoms with Crippen LogP contribution in [0.25, 0.3) is 15.2 Å². The van der Waals surface area contributed by atoms with Gasteiger partial charge in [-0.15, -0.1) is 10.2 Å². The van der Waals surface area contributed by atoms with Gasteiger partial charge in [0.05, 0.1) is 22.6 Å². The highest BCUT2D eigenvalue weighted by atomic mass is 32.2. The summed E-state index contributed by atoms with van der Waals surface area (Å²) in [7, 11) is 1.62. The molecule has 1 atom stereocenters. The smallest absolute Gasteiger partial charge is 0.238 e. The van der Waals surface area contributed by atoms with Gasteiger partial charge in [0.15, 0.2) is 5.16 Å². The van der Waals surface area contributed by atoms with E-state index in [0.29, 0.717) is 0 Å². The molecule has 0 aliphatic heterocycles. The highest BCUT2D eigenvalue weighted by Crippen LogP contribution is 2.33. The molecular weight excluding hydrogens is 392 g/mol. The molecule has 0 fully saturated rings. The summed E-state index contributed by atoms with van der Waals surface area (Å²) in [4.78, 5) is 13.8. The van der Waals surface area contributed by atoms with E-state index >= 15 is 0 Å². The Labute approximate surface area is 170 Å². The highest BCUT2D eigenvalue weighted by Gasteiger charge is 2.27. The number of fused-ring (bicyclic) bond motifs is 3. The van der Waals surface area contributed by atoms with Gasteiger partial charge in [0.25, 0.3) is 0 Å². The second-order valence-electron chi connectivity index (χ2n) is 6.67. The third kappa shape index (κ3) is 3.57. The van der Waals surface area contributed by atoms with Gasteiger partial charge in [-0.25, -0.2) is 0 Å². The van der Waals surface area contributed by atoms with Crippen molar-refractivity contribution in [1.29, 1.82) is 0 Å². The van der Waals surface area contributed by atoms with Crippen molar-refractivity contribution in [1.82, 2.24) is 14.6 Å². The number of nitrogens with zero attached hydrogens (tertiary/aromatic N) is 3. The molecule has 2 aromatic heterocycles. The van der Waals surface area contributed by atoms with Crippen LogP contribution in [0, 0.1) is 5.92 Å². The number of para-hydroxylation sites is 1. The van der Waals surface area contributed by atoms with Crippen LogP contribution in [0.1, 0.15) is 13.8 Å². The molecule has 144 valence electrons. The van der Waals surface area contributed by atoms with E-state index in [1.54, 1.807) is 18.4 Å². The molecule has 4 rings (SSSR count). The van der Waals surface area contributed by atoms with Gasteiger partial charge in [0, 0.05) is 5.69 Å². The monoisotopic (exact) mass is 412 g/mol. The van der Waals surface area contributed by atoms with Gasteiger partial charge in [0.1, 0.15) is 5.75 Å². The molecule has 0 saturated carbocycles. The molecule has 0 spiro atoms. The van der Waals surface area contributed by atoms with E-state index < -0.39 is 0 Å². The molecule has 2 heterocycles. The predicted molar refractivity (Wildman–Crippen MR) is 114 cm³/mol. The van der Waals surface area contributed by atoms with Gasteiger partial charge in [-0.3, -0.25) is 9.20 Å². The summed E-state index contributed by atoms with van der Waals surface area (Å²) in [5, 5.41) is 12.1. The number of hydrogen-bond acceptors (Lipinski definition) is 6. The number of benzene rings is 2. The largest absolute Gasteiger partial charge is 0.497 e. The van der Waals surface area contributed by atoms with Crippen molar-refractivity contribution < 1.29 is 9.53 Å². The molecule has 1 unspecified atom stereocenters. The van der Waals surface area contributed by atoms with Gasteiger partial charge in [-0.05, 0) is 42.3 Å². The van der Waals surface area contributed by atoms with Gasteiger partial charge in [-0.2, -0.15) is 0 Å². The number of thiazole rings is 1. The van der Waals surface area contributed by atoms with Crippen molar-refractivity contribution in [3.05, 3.63) is 48.5 Å². The standard InChI is InChI=1S/C20H20N4O2S2/c1-12(2)17(18(25)21-13-8-10-14(26-3)11-9-13)28-20-23-22-19-24(20)15-6-4-5-7-16(15)27-19/h4-12,17H,1-3H3,(H,21,25). The van der Waals surface area contributed by atoms with Crippen molar-refractivity contribution in [2.45, 2.75) is 24.3 Å². The van der Waals surface area contributed by atoms with E-state index in [-0.39, 0.29) is 17.1 Å². The first-order valence-electron chi connectivity index (χ1n) is 8.91. The average Bonchev–Trinajstić information content (AvgIpc) is 3.25. The van der Waals surface area contributed by atoms with Crippen LogP contribution in [0.2, 0.25) is 0 Å². The molecule has 4 aromatic rings. The lowest BCUT2D eigenvalue weighted by molar-refractivity contribution is -0.116. The third-order valence-corrected chi connectivity index (χ3v) is 6.86. The van der Waals surface area contributed by atoms with Crippen molar-refractivity contribution in [3.63, 3.8) is 0 Å². The normalized spacial score (nSPS) is 12.6. The zero-order chi connectivity index (χ0) is 19.7. The number of rotatable bonds is 6. The maximum absolute atomic E-state index is 13.0. The lowest BCUT2D eigenvalue weighted by Gasteiger charge is -2.19. The van der Waals surface area contributed by atoms with Crippen molar-refractivity contribution in [2.75, 3.05) is 12.4 Å². The van der Waals surface area contributed by atoms with Crippen LogP contribution in [-0.4, -0.2) is 32.9 Å². The molecule has 0 radical (unpaired) electrons. The van der Waals surface area contributed by atoms with Crippen LogP contribution in [0.5, 0.6) is 5.75 Å². The average molecular weight is 413 g/mol. The molecule has 0 aliphatic rings. The number of carbonyl (C=O) groups is 1. The van der Waals surface area contributed by atoms with Crippen LogP contribution in [0.15, 0.2) is 53.7 Å². The third-order valence-electron chi connectivity index (χ3n) is 4.36. The summed E-state index contributed by atoms with van der Waals surface area (Å²) < 4.78 is 8.34. The number of anilines is 1. The van der Waals surface area contributed by atoms with Crippen molar-refractivity contribution in [3.8, 4) is 5.75 Å². The number of hydrogen-bond donors (Lipinski definition) is 1. The first-order valence-corrected chi connectivity index (χ1v) is 10.6. The molecule has 0 saturated heterocycles. The van der Waals surface area contributed by atoms with E-state index in [1.165, 1.54) is 11.8 Å². The molecule has 8 heteroatoms. The minimum atomic E-state index is -0.298.